The SMILES string of the molecule is ClC(Cc1ccccc1)CC1CCCC1. The van der Waals surface area contributed by atoms with Crippen molar-refractivity contribution in [1.82, 2.24) is 0 Å². The Morgan fingerprint density at radius 3 is 2.47 bits per heavy atom. The minimum absolute atomic E-state index is 0.329. The first-order chi connectivity index (χ1) is 7.34. The molecule has 1 aromatic rings. The Labute approximate surface area is 97.6 Å². The maximum atomic E-state index is 6.40. The van der Waals surface area contributed by atoms with E-state index >= 15 is 0 Å². The van der Waals surface area contributed by atoms with Gasteiger partial charge in [-0.1, -0.05) is 56.0 Å². The normalized spacial score (nSPS) is 19.3. The van der Waals surface area contributed by atoms with Crippen molar-refractivity contribution in [2.75, 3.05) is 0 Å². The van der Waals surface area contributed by atoms with Crippen LogP contribution in [0.3, 0.4) is 0 Å². The largest absolute Gasteiger partial charge is 0.123 e. The molecule has 1 unspecified atom stereocenters. The van der Waals surface area contributed by atoms with E-state index in [1.165, 1.54) is 37.7 Å². The van der Waals surface area contributed by atoms with Gasteiger partial charge in [0.15, 0.2) is 0 Å². The van der Waals surface area contributed by atoms with Gasteiger partial charge in [-0.15, -0.1) is 11.6 Å². The topological polar surface area (TPSA) is 0 Å². The van der Waals surface area contributed by atoms with Crippen molar-refractivity contribution in [1.29, 1.82) is 0 Å². The van der Waals surface area contributed by atoms with E-state index in [0.717, 1.165) is 12.3 Å². The summed E-state index contributed by atoms with van der Waals surface area (Å²) in [5, 5.41) is 0.329. The maximum Gasteiger partial charge on any atom is 0.0379 e. The summed E-state index contributed by atoms with van der Waals surface area (Å²) < 4.78 is 0. The molecule has 0 aliphatic heterocycles. The Morgan fingerprint density at radius 2 is 1.80 bits per heavy atom. The van der Waals surface area contributed by atoms with E-state index in [0.29, 0.717) is 5.38 Å². The van der Waals surface area contributed by atoms with Crippen LogP contribution in [0.15, 0.2) is 30.3 Å². The van der Waals surface area contributed by atoms with E-state index in [-0.39, 0.29) is 0 Å². The molecule has 0 bridgehead atoms. The first-order valence-electron chi connectivity index (χ1n) is 6.02. The second kappa shape index (κ2) is 5.55. The number of alkyl halides is 1. The molecule has 1 atom stereocenters. The molecule has 1 fully saturated rings. The fourth-order valence-electron chi connectivity index (χ4n) is 2.56. The first kappa shape index (κ1) is 11.0. The summed E-state index contributed by atoms with van der Waals surface area (Å²) in [5.74, 6) is 0.899. The monoisotopic (exact) mass is 222 g/mol. The van der Waals surface area contributed by atoms with E-state index in [2.05, 4.69) is 30.3 Å². The van der Waals surface area contributed by atoms with E-state index in [4.69, 9.17) is 11.6 Å². The molecule has 1 aliphatic rings. The molecule has 0 aromatic heterocycles. The van der Waals surface area contributed by atoms with Crippen LogP contribution in [0.25, 0.3) is 0 Å². The zero-order valence-electron chi connectivity index (χ0n) is 9.16. The highest BCUT2D eigenvalue weighted by Crippen LogP contribution is 2.30. The van der Waals surface area contributed by atoms with Crippen LogP contribution < -0.4 is 0 Å². The van der Waals surface area contributed by atoms with Crippen molar-refractivity contribution >= 4 is 11.6 Å². The third-order valence-corrected chi connectivity index (χ3v) is 3.70. The molecule has 1 saturated carbocycles. The molecular formula is C14H19Cl. The molecular weight excluding hydrogens is 204 g/mol. The average Bonchev–Trinajstić information content (AvgIpc) is 2.71. The van der Waals surface area contributed by atoms with Crippen molar-refractivity contribution in [2.45, 2.75) is 43.9 Å². The van der Waals surface area contributed by atoms with E-state index in [1.54, 1.807) is 0 Å². The van der Waals surface area contributed by atoms with Gasteiger partial charge < -0.3 is 0 Å². The van der Waals surface area contributed by atoms with Crippen LogP contribution in [0.5, 0.6) is 0 Å². The van der Waals surface area contributed by atoms with Crippen LogP contribution in [-0.2, 0) is 6.42 Å². The third-order valence-electron chi connectivity index (χ3n) is 3.36. The zero-order chi connectivity index (χ0) is 10.5. The smallest absolute Gasteiger partial charge is 0.0379 e. The first-order valence-corrected chi connectivity index (χ1v) is 6.46. The van der Waals surface area contributed by atoms with Gasteiger partial charge in [0.05, 0.1) is 0 Å². The molecule has 1 heteroatoms. The Balaban J connectivity index is 1.79. The quantitative estimate of drug-likeness (QED) is 0.662. The van der Waals surface area contributed by atoms with E-state index < -0.39 is 0 Å². The maximum absolute atomic E-state index is 6.40. The summed E-state index contributed by atoms with van der Waals surface area (Å²) in [4.78, 5) is 0. The number of hydrogen-bond donors (Lipinski definition) is 0. The minimum Gasteiger partial charge on any atom is -0.123 e. The third kappa shape index (κ3) is 3.53. The highest BCUT2D eigenvalue weighted by atomic mass is 35.5. The molecule has 0 saturated heterocycles. The predicted molar refractivity (Wildman–Crippen MR) is 66.4 cm³/mol. The Kier molecular flexibility index (Phi) is 4.08. The lowest BCUT2D eigenvalue weighted by atomic mass is 9.98. The van der Waals surface area contributed by atoms with Crippen LogP contribution in [0.4, 0.5) is 0 Å². The molecule has 0 radical (unpaired) electrons. The van der Waals surface area contributed by atoms with Gasteiger partial charge in [0, 0.05) is 5.38 Å². The molecule has 1 aliphatic carbocycles. The molecule has 2 rings (SSSR count). The number of benzene rings is 1. The van der Waals surface area contributed by atoms with Crippen molar-refractivity contribution in [3.8, 4) is 0 Å². The van der Waals surface area contributed by atoms with E-state index in [1.807, 2.05) is 0 Å². The molecule has 0 heterocycles. The Morgan fingerprint density at radius 1 is 1.13 bits per heavy atom. The van der Waals surface area contributed by atoms with Crippen molar-refractivity contribution in [3.63, 3.8) is 0 Å². The lowest BCUT2D eigenvalue weighted by Crippen LogP contribution is -2.08. The fraction of sp³-hybridized carbons (Fsp3) is 0.571. The fourth-order valence-corrected chi connectivity index (χ4v) is 2.99. The highest BCUT2D eigenvalue weighted by molar-refractivity contribution is 6.20. The number of rotatable bonds is 4. The summed E-state index contributed by atoms with van der Waals surface area (Å²) in [6.07, 6.45) is 7.87. The summed E-state index contributed by atoms with van der Waals surface area (Å²) in [6, 6.07) is 10.6. The van der Waals surface area contributed by atoms with Gasteiger partial charge in [-0.3, -0.25) is 0 Å². The van der Waals surface area contributed by atoms with Gasteiger partial charge in [0.25, 0.3) is 0 Å². The van der Waals surface area contributed by atoms with Crippen LogP contribution in [0.2, 0.25) is 0 Å². The molecule has 0 spiro atoms. The van der Waals surface area contributed by atoms with Gasteiger partial charge >= 0.3 is 0 Å². The Bertz CT molecular complexity index is 275. The molecule has 0 N–H and O–H groups in total. The van der Waals surface area contributed by atoms with Crippen LogP contribution >= 0.6 is 11.6 Å². The van der Waals surface area contributed by atoms with Crippen molar-refractivity contribution < 1.29 is 0 Å². The molecule has 0 amide bonds. The van der Waals surface area contributed by atoms with Crippen LogP contribution in [0.1, 0.15) is 37.7 Å². The minimum atomic E-state index is 0.329. The molecule has 1 aromatic carbocycles. The van der Waals surface area contributed by atoms with Crippen LogP contribution in [-0.4, -0.2) is 5.38 Å². The molecule has 15 heavy (non-hydrogen) atoms. The summed E-state index contributed by atoms with van der Waals surface area (Å²) in [6.45, 7) is 0. The lowest BCUT2D eigenvalue weighted by molar-refractivity contribution is 0.488. The standard InChI is InChI=1S/C14H19Cl/c15-14(11-13-8-4-5-9-13)10-12-6-2-1-3-7-12/h1-3,6-7,13-14H,4-5,8-11H2. The van der Waals surface area contributed by atoms with Gasteiger partial charge in [0.1, 0.15) is 0 Å². The Hall–Kier alpha value is -0.490. The summed E-state index contributed by atoms with van der Waals surface area (Å²) >= 11 is 6.40. The predicted octanol–water partition coefficient (Wildman–Crippen LogP) is 4.42. The van der Waals surface area contributed by atoms with Gasteiger partial charge in [0.2, 0.25) is 0 Å². The second-order valence-corrected chi connectivity index (χ2v) is 5.29. The lowest BCUT2D eigenvalue weighted by Gasteiger charge is -2.14. The van der Waals surface area contributed by atoms with E-state index in [9.17, 15) is 0 Å². The van der Waals surface area contributed by atoms with Crippen molar-refractivity contribution in [3.05, 3.63) is 35.9 Å². The summed E-state index contributed by atoms with van der Waals surface area (Å²) in [7, 11) is 0. The number of halogens is 1. The summed E-state index contributed by atoms with van der Waals surface area (Å²) in [5.41, 5.74) is 1.37. The van der Waals surface area contributed by atoms with Gasteiger partial charge in [-0.2, -0.15) is 0 Å². The molecule has 82 valence electrons. The zero-order valence-corrected chi connectivity index (χ0v) is 9.92. The van der Waals surface area contributed by atoms with Gasteiger partial charge in [-0.05, 0) is 24.3 Å². The molecule has 0 nitrogen and oxygen atoms in total. The van der Waals surface area contributed by atoms with Gasteiger partial charge in [-0.25, -0.2) is 0 Å². The van der Waals surface area contributed by atoms with Crippen molar-refractivity contribution in [2.24, 2.45) is 5.92 Å². The second-order valence-electron chi connectivity index (χ2n) is 4.67. The van der Waals surface area contributed by atoms with Crippen LogP contribution in [0, 0.1) is 5.92 Å². The number of hydrogen-bond acceptors (Lipinski definition) is 0. The average molecular weight is 223 g/mol. The highest BCUT2D eigenvalue weighted by Gasteiger charge is 2.18.